The van der Waals surface area contributed by atoms with Gasteiger partial charge in [-0.3, -0.25) is 14.2 Å². The quantitative estimate of drug-likeness (QED) is 0.527. The molecular weight excluding hydrogens is 402 g/mol. The van der Waals surface area contributed by atoms with Gasteiger partial charge in [0.05, 0.1) is 10.6 Å². The molecule has 2 atom stereocenters. The molecule has 2 aromatic rings. The molecule has 3 heterocycles. The largest absolute Gasteiger partial charge is 0.342 e. The van der Waals surface area contributed by atoms with E-state index in [9.17, 15) is 9.59 Å². The van der Waals surface area contributed by atoms with Gasteiger partial charge < -0.3 is 4.90 Å². The van der Waals surface area contributed by atoms with Crippen molar-refractivity contribution in [3.63, 3.8) is 0 Å². The Hall–Kier alpha value is -1.34. The SMILES string of the molecule is CCn1c(SC(C)C(=O)N2CCCCCC2)nc2sc3c(c2c1=O)CCC(C)C3. The molecule has 1 aliphatic heterocycles. The summed E-state index contributed by atoms with van der Waals surface area (Å²) in [6.45, 7) is 8.51. The van der Waals surface area contributed by atoms with E-state index in [0.29, 0.717) is 17.6 Å². The van der Waals surface area contributed by atoms with Gasteiger partial charge >= 0.3 is 0 Å². The van der Waals surface area contributed by atoms with Gasteiger partial charge in [0.25, 0.3) is 5.56 Å². The summed E-state index contributed by atoms with van der Waals surface area (Å²) < 4.78 is 1.77. The molecule has 0 bridgehead atoms. The first-order valence-electron chi connectivity index (χ1n) is 11.0. The molecule has 1 aliphatic carbocycles. The summed E-state index contributed by atoms with van der Waals surface area (Å²) in [5.74, 6) is 0.845. The van der Waals surface area contributed by atoms with Gasteiger partial charge in [-0.25, -0.2) is 4.98 Å². The van der Waals surface area contributed by atoms with Crippen molar-refractivity contribution in [2.75, 3.05) is 13.1 Å². The van der Waals surface area contributed by atoms with Crippen LogP contribution in [0, 0.1) is 5.92 Å². The Kier molecular flexibility index (Phi) is 6.35. The third kappa shape index (κ3) is 4.13. The highest BCUT2D eigenvalue weighted by atomic mass is 32.2. The van der Waals surface area contributed by atoms with Gasteiger partial charge in [-0.15, -0.1) is 11.3 Å². The molecule has 5 nitrogen and oxygen atoms in total. The van der Waals surface area contributed by atoms with E-state index in [1.54, 1.807) is 15.9 Å². The first-order chi connectivity index (χ1) is 14.0. The third-order valence-electron chi connectivity index (χ3n) is 6.24. The number of rotatable bonds is 4. The van der Waals surface area contributed by atoms with E-state index in [2.05, 4.69) is 6.92 Å². The Labute approximate surface area is 180 Å². The summed E-state index contributed by atoms with van der Waals surface area (Å²) in [5.41, 5.74) is 1.30. The van der Waals surface area contributed by atoms with Crippen molar-refractivity contribution in [3.05, 3.63) is 20.8 Å². The van der Waals surface area contributed by atoms with E-state index in [-0.39, 0.29) is 16.7 Å². The summed E-state index contributed by atoms with van der Waals surface area (Å²) in [7, 11) is 0. The zero-order valence-electron chi connectivity index (χ0n) is 17.7. The fraction of sp³-hybridized carbons (Fsp3) is 0.682. The number of aromatic nitrogens is 2. The zero-order chi connectivity index (χ0) is 20.5. The second-order valence-electron chi connectivity index (χ2n) is 8.48. The van der Waals surface area contributed by atoms with E-state index >= 15 is 0 Å². The maximum atomic E-state index is 13.3. The molecule has 2 unspecified atom stereocenters. The van der Waals surface area contributed by atoms with Crippen molar-refractivity contribution in [1.29, 1.82) is 0 Å². The molecule has 158 valence electrons. The van der Waals surface area contributed by atoms with Crippen LogP contribution in [0.1, 0.15) is 63.3 Å². The molecular formula is C22H31N3O2S2. The normalized spacial score (nSPS) is 21.1. The van der Waals surface area contributed by atoms with Crippen molar-refractivity contribution in [2.24, 2.45) is 5.92 Å². The monoisotopic (exact) mass is 433 g/mol. The van der Waals surface area contributed by atoms with Crippen LogP contribution in [-0.2, 0) is 24.2 Å². The first-order valence-corrected chi connectivity index (χ1v) is 12.7. The van der Waals surface area contributed by atoms with Crippen LogP contribution in [0.5, 0.6) is 0 Å². The van der Waals surface area contributed by atoms with Gasteiger partial charge in [0, 0.05) is 24.5 Å². The fourth-order valence-corrected chi connectivity index (χ4v) is 7.01. The van der Waals surface area contributed by atoms with Gasteiger partial charge in [-0.1, -0.05) is 31.5 Å². The fourth-order valence-electron chi connectivity index (χ4n) is 4.53. The third-order valence-corrected chi connectivity index (χ3v) is 8.47. The molecule has 0 radical (unpaired) electrons. The Morgan fingerprint density at radius 1 is 1.28 bits per heavy atom. The molecule has 0 aromatic carbocycles. The van der Waals surface area contributed by atoms with Gasteiger partial charge in [-0.05, 0) is 57.4 Å². The number of thioether (sulfide) groups is 1. The molecule has 0 spiro atoms. The van der Waals surface area contributed by atoms with Crippen LogP contribution in [0.3, 0.4) is 0 Å². The highest BCUT2D eigenvalue weighted by Crippen LogP contribution is 2.37. The van der Waals surface area contributed by atoms with Crippen molar-refractivity contribution < 1.29 is 4.79 Å². The molecule has 1 fully saturated rings. The van der Waals surface area contributed by atoms with Crippen LogP contribution in [0.15, 0.2) is 9.95 Å². The molecule has 1 saturated heterocycles. The molecule has 0 saturated carbocycles. The lowest BCUT2D eigenvalue weighted by atomic mass is 9.89. The Balaban J connectivity index is 1.64. The Bertz CT molecular complexity index is 957. The van der Waals surface area contributed by atoms with Crippen LogP contribution >= 0.6 is 23.1 Å². The maximum absolute atomic E-state index is 13.3. The lowest BCUT2D eigenvalue weighted by molar-refractivity contribution is -0.130. The highest BCUT2D eigenvalue weighted by Gasteiger charge is 2.27. The number of aryl methyl sites for hydroxylation is 1. The number of likely N-dealkylation sites (tertiary alicyclic amines) is 1. The summed E-state index contributed by atoms with van der Waals surface area (Å²) in [6, 6.07) is 0. The summed E-state index contributed by atoms with van der Waals surface area (Å²) in [4.78, 5) is 35.4. The average molecular weight is 434 g/mol. The minimum Gasteiger partial charge on any atom is -0.342 e. The number of hydrogen-bond donors (Lipinski definition) is 0. The second kappa shape index (κ2) is 8.80. The molecule has 4 rings (SSSR count). The van der Waals surface area contributed by atoms with Crippen molar-refractivity contribution in [3.8, 4) is 0 Å². The van der Waals surface area contributed by atoms with Gasteiger partial charge in [0.15, 0.2) is 5.16 Å². The minimum absolute atomic E-state index is 0.0708. The smallest absolute Gasteiger partial charge is 0.263 e. The lowest BCUT2D eigenvalue weighted by Crippen LogP contribution is -2.37. The number of carbonyl (C=O) groups excluding carboxylic acids is 1. The summed E-state index contributed by atoms with van der Waals surface area (Å²) in [5, 5.41) is 1.28. The zero-order valence-corrected chi connectivity index (χ0v) is 19.3. The van der Waals surface area contributed by atoms with Crippen molar-refractivity contribution in [2.45, 2.75) is 82.7 Å². The first kappa shape index (κ1) is 20.9. The van der Waals surface area contributed by atoms with Crippen LogP contribution in [0.25, 0.3) is 10.2 Å². The lowest BCUT2D eigenvalue weighted by Gasteiger charge is -2.24. The van der Waals surface area contributed by atoms with E-state index in [0.717, 1.165) is 55.4 Å². The topological polar surface area (TPSA) is 55.2 Å². The predicted molar refractivity (Wildman–Crippen MR) is 121 cm³/mol. The van der Waals surface area contributed by atoms with E-state index in [1.807, 2.05) is 18.7 Å². The second-order valence-corrected chi connectivity index (χ2v) is 10.9. The van der Waals surface area contributed by atoms with Crippen LogP contribution < -0.4 is 5.56 Å². The molecule has 1 amide bonds. The number of thiophene rings is 1. The number of nitrogens with zero attached hydrogens (tertiary/aromatic N) is 3. The standard InChI is InChI=1S/C22H31N3O2S2/c1-4-25-21(27)18-16-10-9-14(2)13-17(16)29-19(18)23-22(25)28-15(3)20(26)24-11-7-5-6-8-12-24/h14-15H,4-13H2,1-3H3. The maximum Gasteiger partial charge on any atom is 0.263 e. The molecule has 29 heavy (non-hydrogen) atoms. The number of hydrogen-bond acceptors (Lipinski definition) is 5. The Morgan fingerprint density at radius 3 is 2.69 bits per heavy atom. The van der Waals surface area contributed by atoms with Crippen LogP contribution in [0.2, 0.25) is 0 Å². The highest BCUT2D eigenvalue weighted by molar-refractivity contribution is 8.00. The van der Waals surface area contributed by atoms with Crippen LogP contribution in [-0.4, -0.2) is 38.7 Å². The average Bonchev–Trinajstić information content (AvgIpc) is 2.87. The van der Waals surface area contributed by atoms with Gasteiger partial charge in [-0.2, -0.15) is 0 Å². The summed E-state index contributed by atoms with van der Waals surface area (Å²) in [6.07, 6.45) is 7.77. The molecule has 7 heteroatoms. The number of carbonyl (C=O) groups is 1. The van der Waals surface area contributed by atoms with E-state index in [1.165, 1.54) is 35.0 Å². The van der Waals surface area contributed by atoms with Crippen LogP contribution in [0.4, 0.5) is 0 Å². The number of fused-ring (bicyclic) bond motifs is 3. The Morgan fingerprint density at radius 2 is 2.00 bits per heavy atom. The molecule has 2 aromatic heterocycles. The van der Waals surface area contributed by atoms with Gasteiger partial charge in [0.1, 0.15) is 4.83 Å². The van der Waals surface area contributed by atoms with E-state index in [4.69, 9.17) is 4.98 Å². The summed E-state index contributed by atoms with van der Waals surface area (Å²) >= 11 is 3.13. The van der Waals surface area contributed by atoms with Gasteiger partial charge in [0.2, 0.25) is 5.91 Å². The van der Waals surface area contributed by atoms with Crippen molar-refractivity contribution >= 4 is 39.2 Å². The van der Waals surface area contributed by atoms with Crippen molar-refractivity contribution in [1.82, 2.24) is 14.5 Å². The number of amides is 1. The molecule has 2 aliphatic rings. The minimum atomic E-state index is -0.232. The van der Waals surface area contributed by atoms with E-state index < -0.39 is 0 Å². The molecule has 0 N–H and O–H groups in total. The predicted octanol–water partition coefficient (Wildman–Crippen LogP) is 4.49.